The molecule has 0 radical (unpaired) electrons. The molecule has 2 rings (SSSR count). The molecule has 37 heavy (non-hydrogen) atoms. The van der Waals surface area contributed by atoms with E-state index in [1.807, 2.05) is 55.5 Å². The van der Waals surface area contributed by atoms with E-state index in [1.54, 1.807) is 29.2 Å². The largest absolute Gasteiger partial charge is 0.467 e. The van der Waals surface area contributed by atoms with Crippen molar-refractivity contribution in [3.05, 3.63) is 103 Å². The highest BCUT2D eigenvalue weighted by atomic mass is 32.2. The highest BCUT2D eigenvalue weighted by molar-refractivity contribution is 7.79. The van der Waals surface area contributed by atoms with E-state index in [4.69, 9.17) is 13.7 Å². The number of benzene rings is 2. The van der Waals surface area contributed by atoms with Crippen molar-refractivity contribution >= 4 is 34.7 Å². The molecule has 0 bridgehead atoms. The predicted molar refractivity (Wildman–Crippen MR) is 149 cm³/mol. The van der Waals surface area contributed by atoms with Crippen molar-refractivity contribution in [2.75, 3.05) is 31.4 Å². The smallest absolute Gasteiger partial charge is 0.335 e. The number of methoxy groups -OCH3 is 1. The van der Waals surface area contributed by atoms with Gasteiger partial charge in [-0.2, -0.15) is 0 Å². The maximum absolute atomic E-state index is 13.3. The minimum absolute atomic E-state index is 0.233. The van der Waals surface area contributed by atoms with E-state index in [9.17, 15) is 13.8 Å². The molecule has 0 aromatic heterocycles. The zero-order chi connectivity index (χ0) is 27.2. The highest BCUT2D eigenvalue weighted by Gasteiger charge is 2.21. The number of allylic oxidation sites excluding steroid dienone is 2. The first kappa shape index (κ1) is 29.5. The number of hydrogen-bond acceptors (Lipinski definition) is 6. The van der Waals surface area contributed by atoms with Crippen LogP contribution in [0.4, 0.5) is 5.69 Å². The number of anilines is 1. The van der Waals surface area contributed by atoms with Crippen LogP contribution in [-0.4, -0.2) is 48.7 Å². The first-order chi connectivity index (χ1) is 17.8. The molecule has 0 aliphatic heterocycles. The Bertz CT molecular complexity index is 1150. The van der Waals surface area contributed by atoms with Gasteiger partial charge in [-0.05, 0) is 42.3 Å². The lowest BCUT2D eigenvalue weighted by atomic mass is 10.1. The predicted octanol–water partition coefficient (Wildman–Crippen LogP) is 4.82. The zero-order valence-corrected chi connectivity index (χ0v) is 22.2. The lowest BCUT2D eigenvalue weighted by molar-refractivity contribution is -0.153. The van der Waals surface area contributed by atoms with Gasteiger partial charge in [-0.15, -0.1) is 0 Å². The number of esters is 1. The summed E-state index contributed by atoms with van der Waals surface area (Å²) in [7, 11) is 1.33. The molecule has 0 aliphatic rings. The third-order valence-electron chi connectivity index (χ3n) is 5.20. The van der Waals surface area contributed by atoms with Gasteiger partial charge in [0, 0.05) is 37.1 Å². The second-order valence-corrected chi connectivity index (χ2v) is 8.74. The fourth-order valence-corrected chi connectivity index (χ4v) is 3.83. The molecule has 196 valence electrons. The van der Waals surface area contributed by atoms with E-state index in [1.165, 1.54) is 19.4 Å². The van der Waals surface area contributed by atoms with Gasteiger partial charge in [0.05, 0.1) is 7.11 Å². The normalized spacial score (nSPS) is 13.0. The Kier molecular flexibility index (Phi) is 12.3. The van der Waals surface area contributed by atoms with Crippen molar-refractivity contribution in [1.82, 2.24) is 0 Å². The van der Waals surface area contributed by atoms with Crippen LogP contribution in [0.15, 0.2) is 91.6 Å². The molecule has 2 aromatic rings. The molecule has 2 unspecified atom stereocenters. The molecule has 8 heteroatoms. The van der Waals surface area contributed by atoms with Crippen LogP contribution in [0.2, 0.25) is 0 Å². The Hall–Kier alpha value is -3.75. The fraction of sp³-hybridized carbons (Fsp3) is 0.241. The van der Waals surface area contributed by atoms with Gasteiger partial charge < -0.3 is 18.6 Å². The molecular formula is C29H33NO6S. The molecule has 0 fully saturated rings. The number of nitrogens with zero attached hydrogens (tertiary/aromatic N) is 1. The minimum Gasteiger partial charge on any atom is -0.467 e. The van der Waals surface area contributed by atoms with Crippen molar-refractivity contribution in [1.29, 1.82) is 0 Å². The Labute approximate surface area is 221 Å². The summed E-state index contributed by atoms with van der Waals surface area (Å²) in [6, 6.07) is 14.5. The third kappa shape index (κ3) is 9.33. The average molecular weight is 524 g/mol. The summed E-state index contributed by atoms with van der Waals surface area (Å²) in [5, 5.41) is 0. The van der Waals surface area contributed by atoms with Crippen molar-refractivity contribution in [2.24, 2.45) is 0 Å². The summed E-state index contributed by atoms with van der Waals surface area (Å²) in [6.45, 7) is 9.93. The van der Waals surface area contributed by atoms with Gasteiger partial charge in [0.25, 0.3) is 5.91 Å². The minimum atomic E-state index is -1.39. The maximum Gasteiger partial charge on any atom is 0.335 e. The van der Waals surface area contributed by atoms with Crippen LogP contribution in [-0.2, 0) is 36.6 Å². The highest BCUT2D eigenvalue weighted by Crippen LogP contribution is 2.21. The van der Waals surface area contributed by atoms with Crippen LogP contribution in [0.25, 0.3) is 6.08 Å². The van der Waals surface area contributed by atoms with Crippen LogP contribution in [0.5, 0.6) is 5.75 Å². The van der Waals surface area contributed by atoms with Gasteiger partial charge in [-0.25, -0.2) is 9.00 Å². The van der Waals surface area contributed by atoms with Gasteiger partial charge in [-0.3, -0.25) is 4.79 Å². The van der Waals surface area contributed by atoms with Gasteiger partial charge in [0.2, 0.25) is 11.1 Å². The molecule has 2 atom stereocenters. The van der Waals surface area contributed by atoms with Crippen molar-refractivity contribution < 1.29 is 27.5 Å². The van der Waals surface area contributed by atoms with Crippen molar-refractivity contribution in [3.63, 3.8) is 0 Å². The molecule has 0 heterocycles. The maximum atomic E-state index is 13.3. The standard InChI is InChI=1S/C29H33NO6S/c1-6-10-24(7-2)28(31)30(20-9-11-22-14-18-26(19-15-22)36-37(5)33)25-16-12-23(13-17-25)21-27(35-8-3)29(32)34-4/h6-7,9-19,27H,1-2,8,20-21H2,3-5H3/b11-9+,24-10+. The van der Waals surface area contributed by atoms with Gasteiger partial charge >= 0.3 is 5.97 Å². The fourth-order valence-electron chi connectivity index (χ4n) is 3.45. The molecule has 1 amide bonds. The van der Waals surface area contributed by atoms with Crippen LogP contribution >= 0.6 is 0 Å². The van der Waals surface area contributed by atoms with E-state index in [0.29, 0.717) is 36.6 Å². The third-order valence-corrected chi connectivity index (χ3v) is 5.63. The van der Waals surface area contributed by atoms with E-state index in [-0.39, 0.29) is 5.91 Å². The molecule has 0 saturated heterocycles. The molecule has 0 spiro atoms. The lowest BCUT2D eigenvalue weighted by Gasteiger charge is -2.22. The van der Waals surface area contributed by atoms with Crippen molar-refractivity contribution in [3.8, 4) is 5.75 Å². The lowest BCUT2D eigenvalue weighted by Crippen LogP contribution is -2.32. The molecule has 0 N–H and O–H groups in total. The topological polar surface area (TPSA) is 82.1 Å². The van der Waals surface area contributed by atoms with E-state index >= 15 is 0 Å². The number of ether oxygens (including phenoxy) is 2. The Morgan fingerprint density at radius 3 is 2.30 bits per heavy atom. The SMILES string of the molecule is C=C/C=C(\C=C)C(=O)N(C/C=C/c1ccc(OS(C)=O)cc1)c1ccc(CC(OCC)C(=O)OC)cc1. The number of amides is 1. The quantitative estimate of drug-likeness (QED) is 0.201. The Balaban J connectivity index is 2.26. The van der Waals surface area contributed by atoms with Crippen molar-refractivity contribution in [2.45, 2.75) is 19.4 Å². The van der Waals surface area contributed by atoms with E-state index in [2.05, 4.69) is 13.2 Å². The van der Waals surface area contributed by atoms with E-state index in [0.717, 1.165) is 11.1 Å². The summed E-state index contributed by atoms with van der Waals surface area (Å²) in [4.78, 5) is 26.9. The molecule has 0 saturated carbocycles. The molecule has 7 nitrogen and oxygen atoms in total. The monoisotopic (exact) mass is 523 g/mol. The average Bonchev–Trinajstić information content (AvgIpc) is 2.90. The van der Waals surface area contributed by atoms with E-state index < -0.39 is 23.2 Å². The van der Waals surface area contributed by atoms with Gasteiger partial charge in [0.15, 0.2) is 6.10 Å². The van der Waals surface area contributed by atoms with Crippen LogP contribution < -0.4 is 9.08 Å². The van der Waals surface area contributed by atoms with Crippen LogP contribution in [0.1, 0.15) is 18.1 Å². The summed E-state index contributed by atoms with van der Waals surface area (Å²) >= 11 is -1.39. The summed E-state index contributed by atoms with van der Waals surface area (Å²) in [5.41, 5.74) is 2.85. The second kappa shape index (κ2) is 15.4. The Morgan fingerprint density at radius 2 is 1.76 bits per heavy atom. The number of carbonyl (C=O) groups excluding carboxylic acids is 2. The Morgan fingerprint density at radius 1 is 1.08 bits per heavy atom. The van der Waals surface area contributed by atoms with Gasteiger partial charge in [-0.1, -0.05) is 67.8 Å². The zero-order valence-electron chi connectivity index (χ0n) is 21.4. The number of hydrogen-bond donors (Lipinski definition) is 0. The number of carbonyl (C=O) groups is 2. The van der Waals surface area contributed by atoms with Crippen LogP contribution in [0.3, 0.4) is 0 Å². The number of rotatable bonds is 14. The molecule has 0 aliphatic carbocycles. The summed E-state index contributed by atoms with van der Waals surface area (Å²) in [6.07, 6.45) is 9.52. The first-order valence-electron chi connectivity index (χ1n) is 11.7. The summed E-state index contributed by atoms with van der Waals surface area (Å²) in [5.74, 6) is -0.150. The molecule has 2 aromatic carbocycles. The second-order valence-electron chi connectivity index (χ2n) is 7.77. The first-order valence-corrected chi connectivity index (χ1v) is 13.1. The molecular weight excluding hydrogens is 490 g/mol. The van der Waals surface area contributed by atoms with Gasteiger partial charge in [0.1, 0.15) is 5.75 Å². The summed E-state index contributed by atoms with van der Waals surface area (Å²) < 4.78 is 26.7. The van der Waals surface area contributed by atoms with Crippen LogP contribution in [0, 0.1) is 0 Å².